The van der Waals surface area contributed by atoms with Gasteiger partial charge in [-0.3, -0.25) is 0 Å². The van der Waals surface area contributed by atoms with Crippen molar-refractivity contribution in [2.45, 2.75) is 16.2 Å². The number of morpholine rings is 1. The lowest BCUT2D eigenvalue weighted by Crippen LogP contribution is -2.55. The van der Waals surface area contributed by atoms with Crippen molar-refractivity contribution in [1.82, 2.24) is 0 Å². The zero-order valence-electron chi connectivity index (χ0n) is 17.0. The first-order valence-electron chi connectivity index (χ1n) is 9.57. The molecule has 0 bridgehead atoms. The van der Waals surface area contributed by atoms with E-state index in [1.807, 2.05) is 24.3 Å². The number of esters is 1. The van der Waals surface area contributed by atoms with Gasteiger partial charge in [-0.05, 0) is 71.1 Å². The van der Waals surface area contributed by atoms with Crippen molar-refractivity contribution < 1.29 is 22.7 Å². The maximum Gasteiger partial charge on any atom is 0.343 e. The van der Waals surface area contributed by atoms with E-state index in [9.17, 15) is 13.2 Å². The Labute approximate surface area is 196 Å². The number of carbonyl (C=O) groups is 1. The van der Waals surface area contributed by atoms with Gasteiger partial charge in [0.2, 0.25) is 14.7 Å². The molecule has 3 rings (SSSR count). The number of nitrogens with two attached hydrogens (primary N) is 1. The Morgan fingerprint density at radius 2 is 1.77 bits per heavy atom. The van der Waals surface area contributed by atoms with Crippen molar-refractivity contribution in [3.05, 3.63) is 57.7 Å². The number of nitrogens with zero attached hydrogens (tertiary/aromatic N) is 1. The summed E-state index contributed by atoms with van der Waals surface area (Å²) in [4.78, 5) is 12.2. The monoisotopic (exact) mass is 554 g/mol. The van der Waals surface area contributed by atoms with Crippen LogP contribution in [-0.4, -0.2) is 52.7 Å². The lowest BCUT2D eigenvalue weighted by atomic mass is 10.1. The van der Waals surface area contributed by atoms with Crippen LogP contribution < -0.4 is 10.6 Å². The summed E-state index contributed by atoms with van der Waals surface area (Å²) in [6.07, 6.45) is -0.404. The molecule has 2 N–H and O–H groups in total. The Hall–Kier alpha value is -2.13. The highest BCUT2D eigenvalue weighted by Crippen LogP contribution is 2.26. The summed E-state index contributed by atoms with van der Waals surface area (Å²) < 4.78 is 37.2. The molecule has 2 aromatic rings. The van der Waals surface area contributed by atoms with Gasteiger partial charge in [-0.25, -0.2) is 13.2 Å². The molecule has 0 aromatic heterocycles. The van der Waals surface area contributed by atoms with Crippen LogP contribution in [0.1, 0.15) is 12.0 Å². The molecule has 0 saturated carbocycles. The van der Waals surface area contributed by atoms with Gasteiger partial charge in [0, 0.05) is 27.9 Å². The normalized spacial score (nSPS) is 16.0. The maximum atomic E-state index is 13.1. The molecule has 31 heavy (non-hydrogen) atoms. The molecule has 2 aromatic carbocycles. The molecular formula is C22H23IN2O5S. The largest absolute Gasteiger partial charge is 0.467 e. The number of hydrogen-bond donors (Lipinski definition) is 1. The third-order valence-electron chi connectivity index (χ3n) is 4.96. The minimum absolute atomic E-state index is 0.0579. The fourth-order valence-corrected chi connectivity index (χ4v) is 4.97. The molecule has 0 spiro atoms. The molecule has 7 nitrogen and oxygen atoms in total. The molecule has 0 aliphatic carbocycles. The van der Waals surface area contributed by atoms with Crippen molar-refractivity contribution in [2.24, 2.45) is 5.73 Å². The van der Waals surface area contributed by atoms with Crippen LogP contribution in [0.3, 0.4) is 0 Å². The number of hydrogen-bond acceptors (Lipinski definition) is 7. The van der Waals surface area contributed by atoms with Gasteiger partial charge in [0.1, 0.15) is 0 Å². The summed E-state index contributed by atoms with van der Waals surface area (Å²) in [5.74, 6) is 4.60. The van der Waals surface area contributed by atoms with Crippen LogP contribution in [0.5, 0.6) is 0 Å². The molecular weight excluding hydrogens is 531 g/mol. The predicted molar refractivity (Wildman–Crippen MR) is 126 cm³/mol. The molecule has 0 radical (unpaired) electrons. The van der Waals surface area contributed by atoms with E-state index in [2.05, 4.69) is 39.3 Å². The molecule has 164 valence electrons. The highest BCUT2D eigenvalue weighted by Gasteiger charge is 2.49. The molecule has 1 fully saturated rings. The van der Waals surface area contributed by atoms with Gasteiger partial charge in [-0.15, -0.1) is 0 Å². The van der Waals surface area contributed by atoms with Crippen LogP contribution >= 0.6 is 22.6 Å². The summed E-state index contributed by atoms with van der Waals surface area (Å²) in [5, 5.41) is 0. The van der Waals surface area contributed by atoms with Crippen molar-refractivity contribution in [3.63, 3.8) is 0 Å². The first-order chi connectivity index (χ1) is 14.8. The van der Waals surface area contributed by atoms with E-state index in [4.69, 9.17) is 15.2 Å². The number of sulfone groups is 1. The Kier molecular flexibility index (Phi) is 7.59. The van der Waals surface area contributed by atoms with Crippen molar-refractivity contribution >= 4 is 44.1 Å². The number of halogens is 1. The Morgan fingerprint density at radius 3 is 2.35 bits per heavy atom. The SMILES string of the molecule is COC(=O)C(N)(CC#Cc1ccc(N2CCOCC2)cc1)S(=O)(=O)c1ccc(I)cc1. The van der Waals surface area contributed by atoms with Crippen molar-refractivity contribution in [1.29, 1.82) is 0 Å². The smallest absolute Gasteiger partial charge is 0.343 e. The van der Waals surface area contributed by atoms with Gasteiger partial charge in [-0.2, -0.15) is 0 Å². The number of rotatable bonds is 5. The first-order valence-corrected chi connectivity index (χ1v) is 12.1. The lowest BCUT2D eigenvalue weighted by molar-refractivity contribution is -0.143. The van der Waals surface area contributed by atoms with Crippen molar-refractivity contribution in [2.75, 3.05) is 38.3 Å². The topological polar surface area (TPSA) is 98.9 Å². The fraction of sp³-hybridized carbons (Fsp3) is 0.318. The Morgan fingerprint density at radius 1 is 1.16 bits per heavy atom. The second-order valence-electron chi connectivity index (χ2n) is 6.96. The van der Waals surface area contributed by atoms with Crippen molar-refractivity contribution in [3.8, 4) is 11.8 Å². The average Bonchev–Trinajstić information content (AvgIpc) is 2.79. The quantitative estimate of drug-likeness (QED) is 0.344. The molecule has 1 aliphatic heterocycles. The highest BCUT2D eigenvalue weighted by molar-refractivity contribution is 14.1. The summed E-state index contributed by atoms with van der Waals surface area (Å²) in [6, 6.07) is 13.7. The van der Waals surface area contributed by atoms with E-state index >= 15 is 0 Å². The zero-order chi connectivity index (χ0) is 22.5. The van der Waals surface area contributed by atoms with Gasteiger partial charge < -0.3 is 20.1 Å². The molecule has 1 atom stereocenters. The number of methoxy groups -OCH3 is 1. The average molecular weight is 554 g/mol. The van der Waals surface area contributed by atoms with Gasteiger partial charge in [0.25, 0.3) is 0 Å². The standard InChI is InChI=1S/C22H23IN2O5S/c1-29-21(26)22(24,31(27,28)20-10-6-18(23)7-11-20)12-2-3-17-4-8-19(9-5-17)25-13-15-30-16-14-25/h4-11H,12-16,24H2,1H3. The highest BCUT2D eigenvalue weighted by atomic mass is 127. The summed E-state index contributed by atoms with van der Waals surface area (Å²) in [7, 11) is -3.12. The molecule has 1 heterocycles. The van der Waals surface area contributed by atoms with Crippen LogP contribution in [-0.2, 0) is 24.1 Å². The lowest BCUT2D eigenvalue weighted by Gasteiger charge is -2.28. The molecule has 1 unspecified atom stereocenters. The second kappa shape index (κ2) is 9.99. The molecule has 1 saturated heterocycles. The van der Waals surface area contributed by atoms with E-state index in [0.717, 1.165) is 29.5 Å². The minimum Gasteiger partial charge on any atom is -0.467 e. The Balaban J connectivity index is 1.82. The molecule has 0 amide bonds. The Bertz CT molecular complexity index is 1090. The maximum absolute atomic E-state index is 13.1. The van der Waals surface area contributed by atoms with Crippen LogP contribution in [0.15, 0.2) is 53.4 Å². The summed E-state index contributed by atoms with van der Waals surface area (Å²) in [5.41, 5.74) is 7.86. The van der Waals surface area contributed by atoms with E-state index in [-0.39, 0.29) is 4.90 Å². The molecule has 1 aliphatic rings. The van der Waals surface area contributed by atoms with Crippen LogP contribution in [0, 0.1) is 15.4 Å². The third-order valence-corrected chi connectivity index (χ3v) is 7.84. The number of benzene rings is 2. The minimum atomic E-state index is -4.23. The summed E-state index contributed by atoms with van der Waals surface area (Å²) in [6.45, 7) is 3.05. The van der Waals surface area contributed by atoms with Gasteiger partial charge in [-0.1, -0.05) is 11.8 Å². The summed E-state index contributed by atoms with van der Waals surface area (Å²) >= 11 is 2.06. The van der Waals surface area contributed by atoms with Crippen LogP contribution in [0.2, 0.25) is 0 Å². The van der Waals surface area contributed by atoms with Gasteiger partial charge >= 0.3 is 5.97 Å². The van der Waals surface area contributed by atoms with E-state index < -0.39 is 27.1 Å². The first kappa shape index (κ1) is 23.5. The second-order valence-corrected chi connectivity index (χ2v) is 10.4. The van der Waals surface area contributed by atoms with Crippen LogP contribution in [0.4, 0.5) is 5.69 Å². The molecule has 9 heteroatoms. The van der Waals surface area contributed by atoms with Gasteiger partial charge in [0.15, 0.2) is 0 Å². The van der Waals surface area contributed by atoms with E-state index in [1.54, 1.807) is 12.1 Å². The zero-order valence-corrected chi connectivity index (χ0v) is 20.0. The number of anilines is 1. The number of ether oxygens (including phenoxy) is 2. The van der Waals surface area contributed by atoms with Crippen LogP contribution in [0.25, 0.3) is 0 Å². The van der Waals surface area contributed by atoms with E-state index in [0.29, 0.717) is 18.8 Å². The van der Waals surface area contributed by atoms with E-state index in [1.165, 1.54) is 12.1 Å². The predicted octanol–water partition coefficient (Wildman–Crippen LogP) is 2.17. The fourth-order valence-electron chi connectivity index (χ4n) is 3.13. The third kappa shape index (κ3) is 5.20. The number of carbonyl (C=O) groups excluding carboxylic acids is 1. The van der Waals surface area contributed by atoms with Gasteiger partial charge in [0.05, 0.1) is 31.6 Å².